The lowest BCUT2D eigenvalue weighted by atomic mass is 9.94. The van der Waals surface area contributed by atoms with Gasteiger partial charge < -0.3 is 9.47 Å². The number of anilines is 3. The second kappa shape index (κ2) is 16.8. The van der Waals surface area contributed by atoms with Crippen LogP contribution in [-0.2, 0) is 0 Å². The Morgan fingerprint density at radius 3 is 1.35 bits per heavy atom. The molecule has 0 unspecified atom stereocenters. The van der Waals surface area contributed by atoms with Crippen molar-refractivity contribution in [1.82, 2.24) is 4.57 Å². The molecule has 66 heavy (non-hydrogen) atoms. The van der Waals surface area contributed by atoms with E-state index in [2.05, 4.69) is 276 Å². The van der Waals surface area contributed by atoms with Crippen LogP contribution in [0.5, 0.6) is 0 Å². The van der Waals surface area contributed by atoms with E-state index < -0.39 is 0 Å². The van der Waals surface area contributed by atoms with E-state index in [1.54, 1.807) is 0 Å². The zero-order valence-electron chi connectivity index (χ0n) is 36.3. The minimum Gasteiger partial charge on any atom is -0.310 e. The van der Waals surface area contributed by atoms with Crippen LogP contribution in [0.2, 0.25) is 0 Å². The van der Waals surface area contributed by atoms with E-state index in [-0.39, 0.29) is 0 Å². The topological polar surface area (TPSA) is 8.17 Å². The molecule has 0 fully saturated rings. The molecule has 0 amide bonds. The summed E-state index contributed by atoms with van der Waals surface area (Å²) in [5, 5.41) is 5.02. The molecule has 0 saturated heterocycles. The highest BCUT2D eigenvalue weighted by Gasteiger charge is 2.18. The summed E-state index contributed by atoms with van der Waals surface area (Å²) in [6.45, 7) is 0. The zero-order valence-corrected chi connectivity index (χ0v) is 36.3. The van der Waals surface area contributed by atoms with Gasteiger partial charge in [-0.1, -0.05) is 212 Å². The summed E-state index contributed by atoms with van der Waals surface area (Å²) in [4.78, 5) is 2.37. The molecule has 310 valence electrons. The fourth-order valence-electron chi connectivity index (χ4n) is 9.87. The molecule has 0 atom stereocenters. The first-order valence-electron chi connectivity index (χ1n) is 22.7. The van der Waals surface area contributed by atoms with Crippen LogP contribution in [-0.4, -0.2) is 4.57 Å². The summed E-state index contributed by atoms with van der Waals surface area (Å²) in [6, 6.07) is 96.7. The van der Waals surface area contributed by atoms with Crippen LogP contribution in [0.3, 0.4) is 0 Å². The number of aromatic nitrogens is 1. The lowest BCUT2D eigenvalue weighted by Gasteiger charge is -2.27. The Labute approximate surface area is 385 Å². The van der Waals surface area contributed by atoms with E-state index in [1.165, 1.54) is 88.3 Å². The average Bonchev–Trinajstić information content (AvgIpc) is 3.74. The number of rotatable bonds is 9. The molecule has 0 bridgehead atoms. The molecule has 0 aliphatic heterocycles. The van der Waals surface area contributed by atoms with Crippen molar-refractivity contribution in [3.63, 3.8) is 0 Å². The third kappa shape index (κ3) is 7.02. The summed E-state index contributed by atoms with van der Waals surface area (Å²) < 4.78 is 2.41. The lowest BCUT2D eigenvalue weighted by Crippen LogP contribution is -2.10. The van der Waals surface area contributed by atoms with Gasteiger partial charge in [0.1, 0.15) is 0 Å². The first-order valence-corrected chi connectivity index (χ1v) is 22.7. The SMILES string of the molecule is c1ccc(-c2ccccc2-c2cccc(N(c3ccc(-c4ccc(-c5ccccc5-n5c6ccccc6c6ccccc65)cc4)cc3)c3ccc(-c4cccc5ccccc45)cc3)c2)cc1. The van der Waals surface area contributed by atoms with Crippen LogP contribution >= 0.6 is 0 Å². The highest BCUT2D eigenvalue weighted by atomic mass is 15.1. The van der Waals surface area contributed by atoms with Crippen LogP contribution < -0.4 is 4.90 Å². The number of hydrogen-bond donors (Lipinski definition) is 0. The molecule has 0 radical (unpaired) electrons. The molecule has 1 aromatic heterocycles. The highest BCUT2D eigenvalue weighted by molar-refractivity contribution is 6.09. The average molecular weight is 841 g/mol. The van der Waals surface area contributed by atoms with Crippen molar-refractivity contribution in [3.05, 3.63) is 267 Å². The Bertz CT molecular complexity index is 3620. The molecule has 2 heteroatoms. The predicted octanol–water partition coefficient (Wildman–Crippen LogP) is 17.7. The van der Waals surface area contributed by atoms with E-state index >= 15 is 0 Å². The quantitative estimate of drug-likeness (QED) is 0.141. The lowest BCUT2D eigenvalue weighted by molar-refractivity contribution is 1.18. The van der Waals surface area contributed by atoms with Crippen molar-refractivity contribution in [2.45, 2.75) is 0 Å². The van der Waals surface area contributed by atoms with Gasteiger partial charge in [0.05, 0.1) is 16.7 Å². The van der Waals surface area contributed by atoms with Crippen molar-refractivity contribution in [3.8, 4) is 61.3 Å². The molecule has 0 aliphatic rings. The van der Waals surface area contributed by atoms with Gasteiger partial charge in [0.25, 0.3) is 0 Å². The van der Waals surface area contributed by atoms with E-state index in [9.17, 15) is 0 Å². The molecule has 12 rings (SSSR count). The molecule has 1 heterocycles. The Kier molecular flexibility index (Phi) is 9.89. The van der Waals surface area contributed by atoms with Crippen molar-refractivity contribution in [1.29, 1.82) is 0 Å². The zero-order chi connectivity index (χ0) is 43.8. The number of hydrogen-bond acceptors (Lipinski definition) is 1. The smallest absolute Gasteiger partial charge is 0.0541 e. The summed E-state index contributed by atoms with van der Waals surface area (Å²) in [7, 11) is 0. The van der Waals surface area contributed by atoms with E-state index in [0.717, 1.165) is 22.6 Å². The van der Waals surface area contributed by atoms with Crippen molar-refractivity contribution >= 4 is 49.6 Å². The minimum absolute atomic E-state index is 1.09. The third-order valence-corrected chi connectivity index (χ3v) is 13.0. The minimum atomic E-state index is 1.09. The normalized spacial score (nSPS) is 11.3. The molecule has 11 aromatic carbocycles. The molecule has 12 aromatic rings. The maximum absolute atomic E-state index is 2.41. The second-order valence-corrected chi connectivity index (χ2v) is 16.9. The summed E-state index contributed by atoms with van der Waals surface area (Å²) in [6.07, 6.45) is 0. The summed E-state index contributed by atoms with van der Waals surface area (Å²) in [5.74, 6) is 0. The van der Waals surface area contributed by atoms with Gasteiger partial charge in [-0.2, -0.15) is 0 Å². The first kappa shape index (κ1) is 38.9. The number of fused-ring (bicyclic) bond motifs is 4. The first-order chi connectivity index (χ1) is 32.7. The highest BCUT2D eigenvalue weighted by Crippen LogP contribution is 2.42. The van der Waals surface area contributed by atoms with Gasteiger partial charge in [0.2, 0.25) is 0 Å². The molecular formula is C64H44N2. The summed E-state index contributed by atoms with van der Waals surface area (Å²) in [5.41, 5.74) is 18.8. The largest absolute Gasteiger partial charge is 0.310 e. The van der Waals surface area contributed by atoms with Crippen LogP contribution in [0.25, 0.3) is 93.9 Å². The van der Waals surface area contributed by atoms with Crippen LogP contribution in [0.1, 0.15) is 0 Å². The fourth-order valence-corrected chi connectivity index (χ4v) is 9.87. The number of benzene rings is 11. The summed E-state index contributed by atoms with van der Waals surface area (Å²) >= 11 is 0. The van der Waals surface area contributed by atoms with Gasteiger partial charge in [0, 0.05) is 33.4 Å². The standard InChI is InChI=1S/C64H44N2/c1-2-16-47(17-3-1)56-23-6-7-24-58(56)51-20-14-21-54(44-51)65(53-42-38-49(39-43-53)57-28-15-19-48-18-4-5-22-55(48)57)52-40-36-46(37-41-52)45-32-34-50(35-33-45)59-25-8-11-29-62(59)66-63-30-12-9-26-60(63)61-27-10-13-31-64(61)66/h1-44H. The van der Waals surface area contributed by atoms with E-state index in [4.69, 9.17) is 0 Å². The van der Waals surface area contributed by atoms with E-state index in [0.29, 0.717) is 0 Å². The van der Waals surface area contributed by atoms with Gasteiger partial charge in [-0.3, -0.25) is 0 Å². The maximum Gasteiger partial charge on any atom is 0.0541 e. The Hall–Kier alpha value is -8.72. The molecular weight excluding hydrogens is 797 g/mol. The third-order valence-electron chi connectivity index (χ3n) is 13.0. The predicted molar refractivity (Wildman–Crippen MR) is 280 cm³/mol. The Morgan fingerprint density at radius 1 is 0.242 bits per heavy atom. The van der Waals surface area contributed by atoms with Crippen LogP contribution in [0.15, 0.2) is 267 Å². The van der Waals surface area contributed by atoms with E-state index in [1.807, 2.05) is 0 Å². The Morgan fingerprint density at radius 2 is 0.667 bits per heavy atom. The monoisotopic (exact) mass is 840 g/mol. The number of nitrogens with zero attached hydrogens (tertiary/aromatic N) is 2. The fraction of sp³-hybridized carbons (Fsp3) is 0. The van der Waals surface area contributed by atoms with Crippen molar-refractivity contribution in [2.75, 3.05) is 4.90 Å². The second-order valence-electron chi connectivity index (χ2n) is 16.9. The van der Waals surface area contributed by atoms with Crippen molar-refractivity contribution < 1.29 is 0 Å². The molecule has 2 nitrogen and oxygen atoms in total. The number of para-hydroxylation sites is 3. The molecule has 0 saturated carbocycles. The maximum atomic E-state index is 2.41. The Balaban J connectivity index is 0.909. The van der Waals surface area contributed by atoms with Crippen molar-refractivity contribution in [2.24, 2.45) is 0 Å². The van der Waals surface area contributed by atoms with Crippen LogP contribution in [0, 0.1) is 0 Å². The van der Waals surface area contributed by atoms with Gasteiger partial charge in [-0.15, -0.1) is 0 Å². The molecule has 0 N–H and O–H groups in total. The van der Waals surface area contributed by atoms with Gasteiger partial charge in [-0.05, 0) is 115 Å². The molecule has 0 spiro atoms. The van der Waals surface area contributed by atoms with Crippen LogP contribution in [0.4, 0.5) is 17.1 Å². The van der Waals surface area contributed by atoms with Gasteiger partial charge >= 0.3 is 0 Å². The van der Waals surface area contributed by atoms with Gasteiger partial charge in [0.15, 0.2) is 0 Å². The molecule has 0 aliphatic carbocycles. The van der Waals surface area contributed by atoms with Gasteiger partial charge in [-0.25, -0.2) is 0 Å².